The van der Waals surface area contributed by atoms with Crippen LogP contribution in [0.1, 0.15) is 91.9 Å². The molecule has 32 heavy (non-hydrogen) atoms. The first-order valence-electron chi connectivity index (χ1n) is 13.0. The molecule has 5 heteroatoms. The van der Waals surface area contributed by atoms with Crippen molar-refractivity contribution in [1.29, 1.82) is 0 Å². The van der Waals surface area contributed by atoms with Crippen LogP contribution in [0.3, 0.4) is 0 Å². The maximum atomic E-state index is 12.1. The molecule has 182 valence electrons. The first-order valence-corrected chi connectivity index (χ1v) is 13.0. The minimum atomic E-state index is -0.206. The Kier molecular flexibility index (Phi) is 6.70. The smallest absolute Gasteiger partial charge is 0.305 e. The number of methoxy groups -OCH3 is 1. The Morgan fingerprint density at radius 1 is 1.03 bits per heavy atom. The summed E-state index contributed by atoms with van der Waals surface area (Å²) >= 11 is 0. The fraction of sp³-hybridized carbons (Fsp3) is 0.926. The molecule has 0 heterocycles. The first-order chi connectivity index (χ1) is 15.1. The highest BCUT2D eigenvalue weighted by Crippen LogP contribution is 2.68. The number of hydrogen-bond acceptors (Lipinski definition) is 5. The molecule has 4 rings (SSSR count). The van der Waals surface area contributed by atoms with Gasteiger partial charge in [0.15, 0.2) is 0 Å². The molecule has 4 saturated carbocycles. The molecule has 0 unspecified atom stereocenters. The molecule has 0 aromatic rings. The van der Waals surface area contributed by atoms with E-state index in [-0.39, 0.29) is 35.0 Å². The van der Waals surface area contributed by atoms with Crippen LogP contribution in [-0.4, -0.2) is 36.4 Å². The zero-order chi connectivity index (χ0) is 23.3. The van der Waals surface area contributed by atoms with Crippen molar-refractivity contribution in [2.45, 2.75) is 104 Å². The average molecular weight is 449 g/mol. The molecule has 0 bridgehead atoms. The molecule has 0 amide bonds. The minimum Gasteiger partial charge on any atom is -0.469 e. The van der Waals surface area contributed by atoms with Gasteiger partial charge in [-0.15, -0.1) is 0 Å². The molecule has 4 fully saturated rings. The Labute approximate surface area is 194 Å². The van der Waals surface area contributed by atoms with E-state index in [4.69, 9.17) is 9.47 Å². The third kappa shape index (κ3) is 4.01. The number of aliphatic hydroxyl groups excluding tert-OH is 1. The second-order valence-electron chi connectivity index (χ2n) is 12.1. The average Bonchev–Trinajstić information content (AvgIpc) is 3.09. The summed E-state index contributed by atoms with van der Waals surface area (Å²) in [6, 6.07) is 0. The van der Waals surface area contributed by atoms with E-state index in [0.29, 0.717) is 41.9 Å². The van der Waals surface area contributed by atoms with E-state index in [0.717, 1.165) is 32.1 Å². The van der Waals surface area contributed by atoms with Crippen LogP contribution < -0.4 is 0 Å². The Morgan fingerprint density at radius 2 is 1.72 bits per heavy atom. The van der Waals surface area contributed by atoms with E-state index >= 15 is 0 Å². The van der Waals surface area contributed by atoms with Gasteiger partial charge in [-0.05, 0) is 98.2 Å². The molecule has 4 aliphatic rings. The van der Waals surface area contributed by atoms with E-state index in [1.165, 1.54) is 32.8 Å². The van der Waals surface area contributed by atoms with Gasteiger partial charge in [0, 0.05) is 19.3 Å². The molecular weight excluding hydrogens is 404 g/mol. The van der Waals surface area contributed by atoms with Gasteiger partial charge < -0.3 is 14.6 Å². The van der Waals surface area contributed by atoms with Gasteiger partial charge in [-0.2, -0.15) is 0 Å². The molecule has 0 saturated heterocycles. The van der Waals surface area contributed by atoms with Crippen molar-refractivity contribution in [2.24, 2.45) is 46.3 Å². The fourth-order valence-corrected chi connectivity index (χ4v) is 9.13. The molecule has 0 spiro atoms. The summed E-state index contributed by atoms with van der Waals surface area (Å²) in [4.78, 5) is 23.8. The number of hydrogen-bond donors (Lipinski definition) is 1. The van der Waals surface area contributed by atoms with Gasteiger partial charge in [0.1, 0.15) is 6.10 Å². The van der Waals surface area contributed by atoms with Crippen LogP contribution in [0, 0.1) is 46.3 Å². The summed E-state index contributed by atoms with van der Waals surface area (Å²) in [7, 11) is 1.47. The number of esters is 2. The Morgan fingerprint density at radius 3 is 2.41 bits per heavy atom. The van der Waals surface area contributed by atoms with E-state index < -0.39 is 0 Å². The Bertz CT molecular complexity index is 721. The summed E-state index contributed by atoms with van der Waals surface area (Å²) in [5.74, 6) is 2.83. The predicted molar refractivity (Wildman–Crippen MR) is 123 cm³/mol. The van der Waals surface area contributed by atoms with Crippen LogP contribution >= 0.6 is 0 Å². The zero-order valence-corrected chi connectivity index (χ0v) is 20.8. The zero-order valence-electron chi connectivity index (χ0n) is 20.8. The highest BCUT2D eigenvalue weighted by Gasteiger charge is 2.63. The summed E-state index contributed by atoms with van der Waals surface area (Å²) in [5, 5.41) is 10.4. The predicted octanol–water partition coefficient (Wildman–Crippen LogP) is 5.14. The monoisotopic (exact) mass is 448 g/mol. The highest BCUT2D eigenvalue weighted by molar-refractivity contribution is 5.69. The molecule has 0 radical (unpaired) electrons. The van der Waals surface area contributed by atoms with Gasteiger partial charge in [0.05, 0.1) is 13.2 Å². The number of ether oxygens (including phenoxy) is 2. The molecule has 0 aromatic heterocycles. The number of carbonyl (C=O) groups is 2. The first kappa shape index (κ1) is 24.0. The van der Waals surface area contributed by atoms with Crippen molar-refractivity contribution < 1.29 is 24.2 Å². The summed E-state index contributed by atoms with van der Waals surface area (Å²) < 4.78 is 10.9. The lowest BCUT2D eigenvalue weighted by atomic mass is 9.43. The quantitative estimate of drug-likeness (QED) is 0.590. The number of rotatable bonds is 5. The standard InChI is InChI=1S/C27H44O5/c1-16(6-9-24(30)31-5)20-7-8-21-25-22(11-13-27(20,21)4)26(3)12-10-19(29)14-18(26)15-23(25)32-17(2)28/h16,18-23,25,29H,6-15H2,1-5H3/t16-,18-,19+,20+,21-,22-,23+,25-,26-,27+/m0/s1. The van der Waals surface area contributed by atoms with Gasteiger partial charge in [-0.1, -0.05) is 20.8 Å². The van der Waals surface area contributed by atoms with Gasteiger partial charge in [0.2, 0.25) is 0 Å². The molecule has 0 aliphatic heterocycles. The minimum absolute atomic E-state index is 0.0189. The van der Waals surface area contributed by atoms with Crippen molar-refractivity contribution in [2.75, 3.05) is 7.11 Å². The molecule has 10 atom stereocenters. The van der Waals surface area contributed by atoms with E-state index in [9.17, 15) is 14.7 Å². The molecule has 5 nitrogen and oxygen atoms in total. The largest absolute Gasteiger partial charge is 0.469 e. The van der Waals surface area contributed by atoms with Crippen LogP contribution in [0.4, 0.5) is 0 Å². The number of aliphatic hydroxyl groups is 1. The van der Waals surface area contributed by atoms with Crippen molar-refractivity contribution >= 4 is 11.9 Å². The van der Waals surface area contributed by atoms with Gasteiger partial charge in [0.25, 0.3) is 0 Å². The van der Waals surface area contributed by atoms with Crippen LogP contribution in [0.2, 0.25) is 0 Å². The molecular formula is C27H44O5. The third-order valence-electron chi connectivity index (χ3n) is 10.7. The van der Waals surface area contributed by atoms with Crippen molar-refractivity contribution in [3.05, 3.63) is 0 Å². The van der Waals surface area contributed by atoms with Crippen LogP contribution in [0.15, 0.2) is 0 Å². The van der Waals surface area contributed by atoms with Crippen LogP contribution in [0.5, 0.6) is 0 Å². The number of carbonyl (C=O) groups excluding carboxylic acids is 2. The van der Waals surface area contributed by atoms with Crippen molar-refractivity contribution in [3.63, 3.8) is 0 Å². The second-order valence-corrected chi connectivity index (χ2v) is 12.1. The summed E-state index contributed by atoms with van der Waals surface area (Å²) in [6.07, 6.45) is 9.75. The lowest BCUT2D eigenvalue weighted by molar-refractivity contribution is -0.194. The van der Waals surface area contributed by atoms with Crippen molar-refractivity contribution in [3.8, 4) is 0 Å². The van der Waals surface area contributed by atoms with Gasteiger partial charge in [-0.3, -0.25) is 9.59 Å². The topological polar surface area (TPSA) is 72.8 Å². The lowest BCUT2D eigenvalue weighted by Crippen LogP contribution is -2.59. The summed E-state index contributed by atoms with van der Waals surface area (Å²) in [6.45, 7) is 8.83. The van der Waals surface area contributed by atoms with Crippen LogP contribution in [0.25, 0.3) is 0 Å². The van der Waals surface area contributed by atoms with Crippen molar-refractivity contribution in [1.82, 2.24) is 0 Å². The van der Waals surface area contributed by atoms with E-state index in [1.807, 2.05) is 0 Å². The normalized spacial score (nSPS) is 46.4. The Hall–Kier alpha value is -1.10. The maximum absolute atomic E-state index is 12.1. The second kappa shape index (κ2) is 8.92. The Balaban J connectivity index is 1.59. The maximum Gasteiger partial charge on any atom is 0.305 e. The highest BCUT2D eigenvalue weighted by atomic mass is 16.5. The van der Waals surface area contributed by atoms with E-state index in [2.05, 4.69) is 20.8 Å². The molecule has 1 N–H and O–H groups in total. The fourth-order valence-electron chi connectivity index (χ4n) is 9.13. The van der Waals surface area contributed by atoms with Gasteiger partial charge in [-0.25, -0.2) is 0 Å². The van der Waals surface area contributed by atoms with Gasteiger partial charge >= 0.3 is 11.9 Å². The third-order valence-corrected chi connectivity index (χ3v) is 10.7. The van der Waals surface area contributed by atoms with E-state index in [1.54, 1.807) is 6.92 Å². The lowest BCUT2D eigenvalue weighted by Gasteiger charge is -2.62. The molecule has 4 aliphatic carbocycles. The van der Waals surface area contributed by atoms with Crippen LogP contribution in [-0.2, 0) is 19.1 Å². The SMILES string of the molecule is COC(=O)CC[C@H](C)[C@H]1CC[C@H]2[C@@H]3[C@H](OC(C)=O)C[C@@H]4C[C@H](O)CC[C@]4(C)[C@H]3CC[C@]12C. The molecule has 0 aromatic carbocycles. The summed E-state index contributed by atoms with van der Waals surface area (Å²) in [5.41, 5.74) is 0.489. The number of fused-ring (bicyclic) bond motifs is 5.